The summed E-state index contributed by atoms with van der Waals surface area (Å²) < 4.78 is 38.6. The summed E-state index contributed by atoms with van der Waals surface area (Å²) in [5.41, 5.74) is 0. The van der Waals surface area contributed by atoms with E-state index in [1.54, 1.807) is 11.6 Å². The van der Waals surface area contributed by atoms with Gasteiger partial charge in [0.25, 0.3) is 0 Å². The summed E-state index contributed by atoms with van der Waals surface area (Å²) in [6.07, 6.45) is -3.02. The summed E-state index contributed by atoms with van der Waals surface area (Å²) in [5.74, 6) is -5.28. The van der Waals surface area contributed by atoms with Gasteiger partial charge in [0.05, 0.1) is 16.8 Å². The summed E-state index contributed by atoms with van der Waals surface area (Å²) in [5, 5.41) is 14.1. The zero-order valence-electron chi connectivity index (χ0n) is 12.2. The Labute approximate surface area is 134 Å². The normalized spacial score (nSPS) is 22.9. The van der Waals surface area contributed by atoms with Gasteiger partial charge in [-0.25, -0.2) is 9.78 Å². The third-order valence-electron chi connectivity index (χ3n) is 3.78. The van der Waals surface area contributed by atoms with Gasteiger partial charge in [0.1, 0.15) is 0 Å². The van der Waals surface area contributed by atoms with Crippen LogP contribution in [0.5, 0.6) is 0 Å². The minimum Gasteiger partial charge on any atom is -0.481 e. The number of carbonyl (C=O) groups is 2. The number of rotatable bonds is 4. The second-order valence-electron chi connectivity index (χ2n) is 5.46. The van der Waals surface area contributed by atoms with Crippen LogP contribution in [0.3, 0.4) is 0 Å². The highest BCUT2D eigenvalue weighted by molar-refractivity contribution is 7.09. The summed E-state index contributed by atoms with van der Waals surface area (Å²) in [6.45, 7) is 0.966. The van der Waals surface area contributed by atoms with Crippen LogP contribution in [0.1, 0.15) is 17.8 Å². The van der Waals surface area contributed by atoms with Crippen molar-refractivity contribution in [2.45, 2.75) is 19.0 Å². The second kappa shape index (κ2) is 6.73. The molecule has 0 saturated carbocycles. The van der Waals surface area contributed by atoms with E-state index < -0.39 is 43.1 Å². The highest BCUT2D eigenvalue weighted by atomic mass is 32.1. The molecular weight excluding hydrogens is 335 g/mol. The lowest BCUT2D eigenvalue weighted by molar-refractivity contribution is -0.187. The molecule has 2 heterocycles. The Bertz CT molecular complexity index is 565. The number of nitrogens with zero attached hydrogens (tertiary/aromatic N) is 2. The number of nitrogens with one attached hydrogen (secondary N) is 1. The van der Waals surface area contributed by atoms with Crippen LogP contribution in [0.4, 0.5) is 18.0 Å². The Kier molecular flexibility index (Phi) is 5.12. The van der Waals surface area contributed by atoms with Crippen molar-refractivity contribution in [3.8, 4) is 0 Å². The number of aromatic nitrogens is 1. The number of likely N-dealkylation sites (tertiary alicyclic amines) is 1. The van der Waals surface area contributed by atoms with Crippen LogP contribution in [0.15, 0.2) is 11.6 Å². The van der Waals surface area contributed by atoms with Gasteiger partial charge in [-0.05, 0) is 0 Å². The number of halogens is 3. The molecule has 0 spiro atoms. The lowest BCUT2D eigenvalue weighted by atomic mass is 9.96. The van der Waals surface area contributed by atoms with Gasteiger partial charge in [0.2, 0.25) is 0 Å². The van der Waals surface area contributed by atoms with Crippen molar-refractivity contribution in [1.29, 1.82) is 0 Å². The minimum absolute atomic E-state index is 0.0739. The number of alkyl halides is 3. The van der Waals surface area contributed by atoms with Crippen molar-refractivity contribution in [1.82, 2.24) is 15.2 Å². The number of urea groups is 1. The van der Waals surface area contributed by atoms with E-state index in [0.29, 0.717) is 0 Å². The number of thiazole rings is 1. The van der Waals surface area contributed by atoms with Crippen molar-refractivity contribution in [2.75, 3.05) is 19.6 Å². The molecule has 2 amide bonds. The second-order valence-corrected chi connectivity index (χ2v) is 6.38. The lowest BCUT2D eigenvalue weighted by Gasteiger charge is -2.19. The van der Waals surface area contributed by atoms with Gasteiger partial charge in [-0.1, -0.05) is 6.92 Å². The number of hydrogen-bond donors (Lipinski definition) is 2. The first-order chi connectivity index (χ1) is 10.7. The number of carbonyl (C=O) groups excluding carboxylic acids is 1. The van der Waals surface area contributed by atoms with E-state index in [0.717, 1.165) is 9.91 Å². The van der Waals surface area contributed by atoms with E-state index in [-0.39, 0.29) is 12.5 Å². The molecule has 23 heavy (non-hydrogen) atoms. The molecule has 2 N–H and O–H groups in total. The predicted molar refractivity (Wildman–Crippen MR) is 76.2 cm³/mol. The van der Waals surface area contributed by atoms with E-state index in [4.69, 9.17) is 5.11 Å². The Morgan fingerprint density at radius 3 is 2.70 bits per heavy atom. The first-order valence-corrected chi connectivity index (χ1v) is 7.79. The van der Waals surface area contributed by atoms with Gasteiger partial charge in [-0.2, -0.15) is 13.2 Å². The van der Waals surface area contributed by atoms with Crippen molar-refractivity contribution in [2.24, 2.45) is 11.8 Å². The van der Waals surface area contributed by atoms with Gasteiger partial charge in [-0.3, -0.25) is 4.79 Å². The molecule has 3 atom stereocenters. The first kappa shape index (κ1) is 17.5. The molecule has 128 valence electrons. The highest BCUT2D eigenvalue weighted by Gasteiger charge is 2.53. The maximum atomic E-state index is 12.9. The quantitative estimate of drug-likeness (QED) is 0.871. The molecule has 0 aromatic carbocycles. The monoisotopic (exact) mass is 351 g/mol. The number of carboxylic acids is 1. The molecule has 6 nitrogen and oxygen atoms in total. The first-order valence-electron chi connectivity index (χ1n) is 6.91. The average Bonchev–Trinajstić information content (AvgIpc) is 3.11. The van der Waals surface area contributed by atoms with Crippen molar-refractivity contribution < 1.29 is 27.9 Å². The van der Waals surface area contributed by atoms with E-state index >= 15 is 0 Å². The third-order valence-corrected chi connectivity index (χ3v) is 4.78. The largest absolute Gasteiger partial charge is 0.481 e. The molecule has 1 unspecified atom stereocenters. The maximum Gasteiger partial charge on any atom is 0.394 e. The van der Waals surface area contributed by atoms with Crippen molar-refractivity contribution >= 4 is 23.3 Å². The Hall–Kier alpha value is -1.84. The fourth-order valence-corrected chi connectivity index (χ4v) is 3.17. The molecule has 1 aliphatic heterocycles. The number of aliphatic carboxylic acids is 1. The third kappa shape index (κ3) is 4.12. The van der Waals surface area contributed by atoms with Crippen LogP contribution in [-0.4, -0.2) is 52.8 Å². The van der Waals surface area contributed by atoms with Crippen LogP contribution >= 0.6 is 11.3 Å². The summed E-state index contributed by atoms with van der Waals surface area (Å²) in [6, 6.07) is -0.689. The van der Waals surface area contributed by atoms with Crippen LogP contribution in [0.25, 0.3) is 0 Å². The van der Waals surface area contributed by atoms with Gasteiger partial charge in [-0.15, -0.1) is 11.3 Å². The fourth-order valence-electron chi connectivity index (χ4n) is 2.47. The lowest BCUT2D eigenvalue weighted by Crippen LogP contribution is -2.40. The van der Waals surface area contributed by atoms with Crippen LogP contribution in [0.2, 0.25) is 0 Å². The number of amides is 2. The van der Waals surface area contributed by atoms with Gasteiger partial charge < -0.3 is 15.3 Å². The van der Waals surface area contributed by atoms with E-state index in [1.807, 2.05) is 6.92 Å². The smallest absolute Gasteiger partial charge is 0.394 e. The molecule has 1 aliphatic rings. The molecule has 1 aromatic heterocycles. The average molecular weight is 351 g/mol. The van der Waals surface area contributed by atoms with E-state index in [2.05, 4.69) is 10.3 Å². The summed E-state index contributed by atoms with van der Waals surface area (Å²) in [7, 11) is 0. The fraction of sp³-hybridized carbons (Fsp3) is 0.615. The Morgan fingerprint density at radius 2 is 2.22 bits per heavy atom. The molecule has 1 fully saturated rings. The molecule has 1 aromatic rings. The summed E-state index contributed by atoms with van der Waals surface area (Å²) in [4.78, 5) is 28.0. The van der Waals surface area contributed by atoms with Gasteiger partial charge in [0.15, 0.2) is 0 Å². The zero-order chi connectivity index (χ0) is 17.2. The van der Waals surface area contributed by atoms with E-state index in [9.17, 15) is 22.8 Å². The number of carboxylic acid groups (broad SMARTS) is 1. The Balaban J connectivity index is 1.94. The molecule has 10 heteroatoms. The maximum absolute atomic E-state index is 12.9. The molecule has 0 aliphatic carbocycles. The molecule has 0 bridgehead atoms. The predicted octanol–water partition coefficient (Wildman–Crippen LogP) is 2.15. The zero-order valence-corrected chi connectivity index (χ0v) is 13.0. The molecule has 0 radical (unpaired) electrons. The standard InChI is InChI=1S/C13H16F3N3O3S/c1-7(10-17-2-3-23-10)4-18-12(22)19-5-8(11(20)21)9(6-19)13(14,15)16/h2-3,7-9H,4-6H2,1H3,(H,18,22)(H,20,21)/t7?,8-,9-/m1/s1. The molecule has 2 rings (SSSR count). The minimum atomic E-state index is -4.65. The van der Waals surface area contributed by atoms with Crippen molar-refractivity contribution in [3.63, 3.8) is 0 Å². The van der Waals surface area contributed by atoms with Crippen LogP contribution < -0.4 is 5.32 Å². The SMILES string of the molecule is CC(CNC(=O)N1C[C@@H](C(F)(F)F)[C@H](C(=O)O)C1)c1nccs1. The number of hydrogen-bond acceptors (Lipinski definition) is 4. The van der Waals surface area contributed by atoms with Crippen LogP contribution in [-0.2, 0) is 4.79 Å². The van der Waals surface area contributed by atoms with E-state index in [1.165, 1.54) is 11.3 Å². The van der Waals surface area contributed by atoms with Gasteiger partial charge >= 0.3 is 18.2 Å². The van der Waals surface area contributed by atoms with Gasteiger partial charge in [0, 0.05) is 37.1 Å². The van der Waals surface area contributed by atoms with Crippen molar-refractivity contribution in [3.05, 3.63) is 16.6 Å². The topological polar surface area (TPSA) is 82.5 Å². The molecule has 1 saturated heterocycles. The Morgan fingerprint density at radius 1 is 1.52 bits per heavy atom. The highest BCUT2D eigenvalue weighted by Crippen LogP contribution is 2.37. The molecular formula is C13H16F3N3O3S. The van der Waals surface area contributed by atoms with Crippen LogP contribution in [0, 0.1) is 11.8 Å². The summed E-state index contributed by atoms with van der Waals surface area (Å²) >= 11 is 1.42.